The van der Waals surface area contributed by atoms with Gasteiger partial charge in [-0.3, -0.25) is 14.5 Å². The van der Waals surface area contributed by atoms with Crippen molar-refractivity contribution in [2.45, 2.75) is 25.4 Å². The van der Waals surface area contributed by atoms with Gasteiger partial charge in [0.2, 0.25) is 0 Å². The molecule has 31 heavy (non-hydrogen) atoms. The molecule has 1 aromatic carbocycles. The summed E-state index contributed by atoms with van der Waals surface area (Å²) in [4.78, 5) is 18.5. The number of nitrogens with zero attached hydrogens (tertiary/aromatic N) is 4. The third kappa shape index (κ3) is 4.55. The van der Waals surface area contributed by atoms with E-state index in [1.54, 1.807) is 10.7 Å². The number of aromatic nitrogens is 3. The molecule has 3 heterocycles. The molecular weight excluding hydrogens is 407 g/mol. The molecule has 1 saturated heterocycles. The van der Waals surface area contributed by atoms with Crippen LogP contribution in [0.1, 0.15) is 39.4 Å². The minimum Gasteiger partial charge on any atom is -0.368 e. The Morgan fingerprint density at radius 3 is 2.71 bits per heavy atom. The minimum atomic E-state index is -4.52. The molecule has 0 radical (unpaired) electrons. The first-order chi connectivity index (χ1) is 14.7. The van der Waals surface area contributed by atoms with Gasteiger partial charge in [-0.15, -0.1) is 0 Å². The van der Waals surface area contributed by atoms with Crippen molar-refractivity contribution in [2.24, 2.45) is 7.05 Å². The van der Waals surface area contributed by atoms with Crippen LogP contribution >= 0.6 is 0 Å². The van der Waals surface area contributed by atoms with Crippen LogP contribution in [0.3, 0.4) is 0 Å². The average molecular weight is 429 g/mol. The Morgan fingerprint density at radius 2 is 2.00 bits per heavy atom. The fourth-order valence-electron chi connectivity index (χ4n) is 3.91. The van der Waals surface area contributed by atoms with E-state index in [9.17, 15) is 18.0 Å². The number of amides is 1. The summed E-state index contributed by atoms with van der Waals surface area (Å²) in [6.07, 6.45) is 2.16. The highest BCUT2D eigenvalue weighted by molar-refractivity contribution is 6.04. The minimum absolute atomic E-state index is 0.00516. The van der Waals surface area contributed by atoms with Crippen LogP contribution in [0, 0.1) is 6.92 Å². The molecule has 2 aromatic heterocycles. The van der Waals surface area contributed by atoms with Gasteiger partial charge in [-0.25, -0.2) is 0 Å². The second kappa shape index (κ2) is 8.05. The summed E-state index contributed by atoms with van der Waals surface area (Å²) in [6, 6.07) is 6.27. The van der Waals surface area contributed by atoms with E-state index < -0.39 is 17.6 Å². The maximum Gasteiger partial charge on any atom is 0.417 e. The number of carbonyl (C=O) groups excluding carboxylic acids is 1. The molecule has 0 aliphatic carbocycles. The number of benzene rings is 1. The number of pyridine rings is 1. The summed E-state index contributed by atoms with van der Waals surface area (Å²) < 4.78 is 40.4. The number of halogens is 3. The van der Waals surface area contributed by atoms with Crippen LogP contribution in [-0.2, 0) is 13.2 Å². The molecule has 1 atom stereocenters. The van der Waals surface area contributed by atoms with Crippen molar-refractivity contribution in [1.82, 2.24) is 14.8 Å². The van der Waals surface area contributed by atoms with Crippen molar-refractivity contribution < 1.29 is 18.0 Å². The largest absolute Gasteiger partial charge is 0.417 e. The molecule has 162 valence electrons. The normalized spacial score (nSPS) is 16.5. The zero-order chi connectivity index (χ0) is 22.2. The first kappa shape index (κ1) is 20.9. The van der Waals surface area contributed by atoms with Crippen molar-refractivity contribution in [1.29, 1.82) is 0 Å². The molecule has 4 rings (SSSR count). The molecule has 0 bridgehead atoms. The topological polar surface area (TPSA) is 63.1 Å². The standard InChI is InChI=1S/C22H22F3N5O/c1-14-3-4-15(21(31)28-18-8-17(9-26-10-18)22(23,24)25)7-20(14)16-5-6-30(12-16)19-11-27-29(2)13-19/h3-4,7-11,13,16H,5-6,12H2,1-2H3,(H,28,31). The second-order valence-corrected chi connectivity index (χ2v) is 7.79. The maximum atomic E-state index is 12.9. The second-order valence-electron chi connectivity index (χ2n) is 7.79. The number of alkyl halides is 3. The number of hydrogen-bond donors (Lipinski definition) is 1. The lowest BCUT2D eigenvalue weighted by atomic mass is 9.92. The highest BCUT2D eigenvalue weighted by Crippen LogP contribution is 2.33. The molecule has 1 fully saturated rings. The van der Waals surface area contributed by atoms with E-state index in [2.05, 4.69) is 20.3 Å². The molecule has 1 aliphatic rings. The molecule has 6 nitrogen and oxygen atoms in total. The predicted molar refractivity (Wildman–Crippen MR) is 111 cm³/mol. The third-order valence-corrected chi connectivity index (χ3v) is 5.55. The van der Waals surface area contributed by atoms with E-state index >= 15 is 0 Å². The van der Waals surface area contributed by atoms with Crippen LogP contribution in [0.5, 0.6) is 0 Å². The highest BCUT2D eigenvalue weighted by atomic mass is 19.4. The van der Waals surface area contributed by atoms with Gasteiger partial charge in [0, 0.05) is 44.0 Å². The molecule has 9 heteroatoms. The molecule has 0 spiro atoms. The van der Waals surface area contributed by atoms with Crippen LogP contribution in [0.25, 0.3) is 0 Å². The first-order valence-electron chi connectivity index (χ1n) is 9.88. The number of nitrogens with one attached hydrogen (secondary N) is 1. The van der Waals surface area contributed by atoms with Gasteiger partial charge in [-0.05, 0) is 42.7 Å². The number of carbonyl (C=O) groups is 1. The van der Waals surface area contributed by atoms with Gasteiger partial charge < -0.3 is 10.2 Å². The molecule has 3 aromatic rings. The van der Waals surface area contributed by atoms with Gasteiger partial charge in [-0.2, -0.15) is 18.3 Å². The summed E-state index contributed by atoms with van der Waals surface area (Å²) in [5.74, 6) is -0.215. The molecule has 1 N–H and O–H groups in total. The number of hydrogen-bond acceptors (Lipinski definition) is 4. The van der Waals surface area contributed by atoms with Gasteiger partial charge in [-0.1, -0.05) is 6.07 Å². The fourth-order valence-corrected chi connectivity index (χ4v) is 3.91. The van der Waals surface area contributed by atoms with Crippen LogP contribution in [0.15, 0.2) is 49.1 Å². The Morgan fingerprint density at radius 1 is 1.19 bits per heavy atom. The smallest absolute Gasteiger partial charge is 0.368 e. The van der Waals surface area contributed by atoms with Crippen molar-refractivity contribution in [3.8, 4) is 0 Å². The Hall–Kier alpha value is -3.36. The van der Waals surface area contributed by atoms with E-state index in [1.807, 2.05) is 38.5 Å². The first-order valence-corrected chi connectivity index (χ1v) is 9.88. The van der Waals surface area contributed by atoms with Gasteiger partial charge in [0.25, 0.3) is 5.91 Å². The zero-order valence-electron chi connectivity index (χ0n) is 17.1. The van der Waals surface area contributed by atoms with Crippen molar-refractivity contribution >= 4 is 17.3 Å². The van der Waals surface area contributed by atoms with E-state index in [0.717, 1.165) is 48.6 Å². The lowest BCUT2D eigenvalue weighted by Gasteiger charge is -2.18. The van der Waals surface area contributed by atoms with Crippen LogP contribution in [0.2, 0.25) is 0 Å². The summed E-state index contributed by atoms with van der Waals surface area (Å²) in [6.45, 7) is 3.71. The Kier molecular flexibility index (Phi) is 5.43. The zero-order valence-corrected chi connectivity index (χ0v) is 17.1. The van der Waals surface area contributed by atoms with Crippen molar-refractivity contribution in [2.75, 3.05) is 23.3 Å². The van der Waals surface area contributed by atoms with Crippen LogP contribution < -0.4 is 10.2 Å². The van der Waals surface area contributed by atoms with Gasteiger partial charge in [0.05, 0.1) is 29.3 Å². The molecule has 0 saturated carbocycles. The predicted octanol–water partition coefficient (Wildman–Crippen LogP) is 4.39. The quantitative estimate of drug-likeness (QED) is 0.668. The molecule has 1 aliphatic heterocycles. The van der Waals surface area contributed by atoms with E-state index in [0.29, 0.717) is 5.56 Å². The Labute approximate surface area is 177 Å². The van der Waals surface area contributed by atoms with Gasteiger partial charge >= 0.3 is 6.18 Å². The number of aryl methyl sites for hydroxylation is 2. The summed E-state index contributed by atoms with van der Waals surface area (Å²) >= 11 is 0. The van der Waals surface area contributed by atoms with Crippen LogP contribution in [0.4, 0.5) is 24.5 Å². The van der Waals surface area contributed by atoms with E-state index in [4.69, 9.17) is 0 Å². The van der Waals surface area contributed by atoms with E-state index in [1.165, 1.54) is 6.20 Å². The monoisotopic (exact) mass is 429 g/mol. The Balaban J connectivity index is 1.51. The third-order valence-electron chi connectivity index (χ3n) is 5.55. The summed E-state index contributed by atoms with van der Waals surface area (Å²) in [5, 5.41) is 6.74. The average Bonchev–Trinajstić information content (AvgIpc) is 3.37. The van der Waals surface area contributed by atoms with Crippen LogP contribution in [-0.4, -0.2) is 33.8 Å². The fraction of sp³-hybridized carbons (Fsp3) is 0.318. The highest BCUT2D eigenvalue weighted by Gasteiger charge is 2.31. The van der Waals surface area contributed by atoms with Gasteiger partial charge in [0.15, 0.2) is 0 Å². The van der Waals surface area contributed by atoms with Crippen molar-refractivity contribution in [3.63, 3.8) is 0 Å². The SMILES string of the molecule is Cc1ccc(C(=O)Nc2cncc(C(F)(F)F)c2)cc1C1CCN(c2cnn(C)c2)C1. The number of anilines is 2. The number of rotatable bonds is 4. The van der Waals surface area contributed by atoms with E-state index in [-0.39, 0.29) is 11.6 Å². The molecule has 1 amide bonds. The molecule has 1 unspecified atom stereocenters. The lowest BCUT2D eigenvalue weighted by Crippen LogP contribution is -2.19. The summed E-state index contributed by atoms with van der Waals surface area (Å²) in [5.41, 5.74) is 2.71. The van der Waals surface area contributed by atoms with Crippen molar-refractivity contribution in [3.05, 3.63) is 71.3 Å². The Bertz CT molecular complexity index is 1110. The maximum absolute atomic E-state index is 12.9. The lowest BCUT2D eigenvalue weighted by molar-refractivity contribution is -0.137. The summed E-state index contributed by atoms with van der Waals surface area (Å²) in [7, 11) is 1.88. The van der Waals surface area contributed by atoms with Gasteiger partial charge in [0.1, 0.15) is 0 Å². The molecular formula is C22H22F3N5O.